The highest BCUT2D eigenvalue weighted by molar-refractivity contribution is 6.18. The van der Waals surface area contributed by atoms with Crippen LogP contribution >= 0.6 is 0 Å². The number of carbonyl (C=O) groups excluding carboxylic acids is 3. The number of para-hydroxylation sites is 2. The quantitative estimate of drug-likeness (QED) is 0.598. The van der Waals surface area contributed by atoms with Crippen LogP contribution in [0.3, 0.4) is 0 Å². The molecule has 2 aromatic carbocycles. The minimum Gasteiger partial charge on any atom is -0.461 e. The van der Waals surface area contributed by atoms with Gasteiger partial charge in [-0.15, -0.1) is 0 Å². The average Bonchev–Trinajstić information content (AvgIpc) is 3.62. The van der Waals surface area contributed by atoms with Gasteiger partial charge in [0.05, 0.1) is 12.2 Å². The van der Waals surface area contributed by atoms with Crippen molar-refractivity contribution in [3.63, 3.8) is 0 Å². The number of carbonyl (C=O) groups is 3. The Morgan fingerprint density at radius 3 is 2.36 bits per heavy atom. The van der Waals surface area contributed by atoms with Crippen molar-refractivity contribution >= 4 is 29.0 Å². The zero-order valence-electron chi connectivity index (χ0n) is 17.7. The lowest BCUT2D eigenvalue weighted by molar-refractivity contribution is -0.128. The van der Waals surface area contributed by atoms with E-state index in [1.165, 1.54) is 6.26 Å². The zero-order chi connectivity index (χ0) is 22.4. The molecule has 33 heavy (non-hydrogen) atoms. The monoisotopic (exact) mass is 439 g/mol. The normalized spacial score (nSPS) is 31.5. The number of hydrogen-bond acceptors (Lipinski definition) is 5. The minimum absolute atomic E-state index is 0.161. The van der Waals surface area contributed by atoms with E-state index in [0.29, 0.717) is 17.9 Å². The predicted octanol–water partition coefficient (Wildman–Crippen LogP) is 3.29. The van der Waals surface area contributed by atoms with Crippen molar-refractivity contribution in [1.29, 1.82) is 0 Å². The highest BCUT2D eigenvalue weighted by Crippen LogP contribution is 2.66. The zero-order valence-corrected chi connectivity index (χ0v) is 17.7. The molecule has 5 heterocycles. The first-order valence-electron chi connectivity index (χ1n) is 11.3. The fraction of sp³-hybridized carbons (Fsp3) is 0.269. The second-order valence-electron chi connectivity index (χ2n) is 9.26. The highest BCUT2D eigenvalue weighted by Gasteiger charge is 2.79. The molecule has 7 nitrogen and oxygen atoms in total. The fourth-order valence-corrected chi connectivity index (χ4v) is 7.06. The first-order valence-corrected chi connectivity index (χ1v) is 11.3. The van der Waals surface area contributed by atoms with Crippen molar-refractivity contribution in [1.82, 2.24) is 4.90 Å². The Balaban J connectivity index is 1.60. The number of fused-ring (bicyclic) bond motifs is 7. The van der Waals surface area contributed by atoms with E-state index in [4.69, 9.17) is 4.42 Å². The molecule has 0 aliphatic carbocycles. The topological polar surface area (TPSA) is 91.7 Å². The molecule has 2 spiro atoms. The molecule has 4 unspecified atom stereocenters. The summed E-state index contributed by atoms with van der Waals surface area (Å²) in [5.41, 5.74) is 0.429. The van der Waals surface area contributed by atoms with Crippen LogP contribution in [0.15, 0.2) is 71.3 Å². The lowest BCUT2D eigenvalue weighted by Gasteiger charge is -2.37. The van der Waals surface area contributed by atoms with Crippen LogP contribution in [0.2, 0.25) is 0 Å². The molecule has 3 aromatic rings. The molecule has 2 amide bonds. The van der Waals surface area contributed by atoms with Crippen LogP contribution in [-0.2, 0) is 20.5 Å². The predicted molar refractivity (Wildman–Crippen MR) is 120 cm³/mol. The van der Waals surface area contributed by atoms with Crippen LogP contribution in [0.5, 0.6) is 0 Å². The van der Waals surface area contributed by atoms with Crippen LogP contribution in [0.4, 0.5) is 11.4 Å². The summed E-state index contributed by atoms with van der Waals surface area (Å²) in [5.74, 6) is -1.62. The van der Waals surface area contributed by atoms with E-state index in [2.05, 4.69) is 15.5 Å². The van der Waals surface area contributed by atoms with Gasteiger partial charge in [0.15, 0.2) is 5.76 Å². The van der Waals surface area contributed by atoms with Gasteiger partial charge in [-0.25, -0.2) is 0 Å². The van der Waals surface area contributed by atoms with Crippen molar-refractivity contribution in [2.45, 2.75) is 29.8 Å². The van der Waals surface area contributed by atoms with Crippen molar-refractivity contribution in [3.8, 4) is 0 Å². The molecule has 4 atom stereocenters. The lowest BCUT2D eigenvalue weighted by Crippen LogP contribution is -2.55. The first kappa shape index (κ1) is 18.8. The van der Waals surface area contributed by atoms with Crippen molar-refractivity contribution in [2.24, 2.45) is 5.92 Å². The average molecular weight is 439 g/mol. The first-order chi connectivity index (χ1) is 16.1. The van der Waals surface area contributed by atoms with Gasteiger partial charge >= 0.3 is 0 Å². The number of Topliss-reactive ketones (excluding diaryl/α,β-unsaturated/α-hetero) is 1. The van der Waals surface area contributed by atoms with Crippen LogP contribution in [-0.4, -0.2) is 35.1 Å². The Bertz CT molecular complexity index is 1270. The van der Waals surface area contributed by atoms with Crippen molar-refractivity contribution in [3.05, 3.63) is 83.8 Å². The molecule has 2 fully saturated rings. The summed E-state index contributed by atoms with van der Waals surface area (Å²) in [6.45, 7) is 0.631. The summed E-state index contributed by atoms with van der Waals surface area (Å²) in [6, 6.07) is 18.0. The Labute approximate surface area is 189 Å². The Morgan fingerprint density at radius 1 is 0.909 bits per heavy atom. The third-order valence-corrected chi connectivity index (χ3v) is 8.06. The summed E-state index contributed by atoms with van der Waals surface area (Å²) in [7, 11) is 0. The molecule has 7 heteroatoms. The van der Waals surface area contributed by atoms with Gasteiger partial charge in [0.2, 0.25) is 17.6 Å². The molecule has 2 saturated heterocycles. The second-order valence-corrected chi connectivity index (χ2v) is 9.26. The number of nitrogens with one attached hydrogen (secondary N) is 2. The number of benzene rings is 2. The third-order valence-electron chi connectivity index (χ3n) is 8.06. The molecule has 0 saturated carbocycles. The highest BCUT2D eigenvalue weighted by atomic mass is 16.3. The van der Waals surface area contributed by atoms with Gasteiger partial charge in [-0.1, -0.05) is 36.4 Å². The summed E-state index contributed by atoms with van der Waals surface area (Å²) >= 11 is 0. The van der Waals surface area contributed by atoms with E-state index in [-0.39, 0.29) is 29.4 Å². The molecule has 2 N–H and O–H groups in total. The maximum absolute atomic E-state index is 14.3. The summed E-state index contributed by atoms with van der Waals surface area (Å²) in [5, 5.41) is 6.06. The van der Waals surface area contributed by atoms with E-state index in [0.717, 1.165) is 24.0 Å². The van der Waals surface area contributed by atoms with Crippen molar-refractivity contribution < 1.29 is 18.8 Å². The van der Waals surface area contributed by atoms with Gasteiger partial charge in [-0.05, 0) is 49.2 Å². The van der Waals surface area contributed by atoms with Crippen LogP contribution < -0.4 is 10.6 Å². The molecule has 4 aliphatic rings. The van der Waals surface area contributed by atoms with Crippen LogP contribution in [0, 0.1) is 5.92 Å². The molecule has 4 aliphatic heterocycles. The summed E-state index contributed by atoms with van der Waals surface area (Å²) in [4.78, 5) is 44.4. The molecule has 1 aromatic heterocycles. The van der Waals surface area contributed by atoms with Crippen molar-refractivity contribution in [2.75, 3.05) is 17.2 Å². The second kappa shape index (κ2) is 6.20. The van der Waals surface area contributed by atoms with E-state index in [1.54, 1.807) is 12.1 Å². The number of hydrogen-bond donors (Lipinski definition) is 2. The number of ketones is 1. The summed E-state index contributed by atoms with van der Waals surface area (Å²) in [6.07, 6.45) is 3.02. The lowest BCUT2D eigenvalue weighted by atomic mass is 9.60. The van der Waals surface area contributed by atoms with E-state index < -0.39 is 16.9 Å². The smallest absolute Gasteiger partial charge is 0.250 e. The van der Waals surface area contributed by atoms with Crippen LogP contribution in [0.25, 0.3) is 0 Å². The fourth-order valence-electron chi connectivity index (χ4n) is 7.06. The number of amides is 2. The number of anilines is 2. The molecule has 0 bridgehead atoms. The maximum Gasteiger partial charge on any atom is 0.250 e. The largest absolute Gasteiger partial charge is 0.461 e. The molecular weight excluding hydrogens is 418 g/mol. The molecular formula is C26H21N3O4. The van der Waals surface area contributed by atoms with E-state index in [9.17, 15) is 14.4 Å². The third kappa shape index (κ3) is 1.98. The Hall–Kier alpha value is -3.71. The molecule has 164 valence electrons. The molecule has 7 rings (SSSR count). The van der Waals surface area contributed by atoms with Gasteiger partial charge in [0.25, 0.3) is 0 Å². The van der Waals surface area contributed by atoms with Crippen LogP contribution in [0.1, 0.15) is 34.5 Å². The SMILES string of the molecule is O=C(c1ccco1)C1C2(C(=O)Nc3ccccc32)C2CCCN2C12C(=O)Nc1ccccc12. The van der Waals surface area contributed by atoms with Gasteiger partial charge in [0.1, 0.15) is 11.0 Å². The summed E-state index contributed by atoms with van der Waals surface area (Å²) < 4.78 is 5.55. The molecule has 0 radical (unpaired) electrons. The standard InChI is InChI=1S/C26H21N3O4/c30-21(19-11-6-14-33-19)22-25(15-7-1-3-9-17(15)27-23(25)31)20-12-5-13-29(20)26(22)16-8-2-4-10-18(16)28-24(26)32/h1-4,6-11,14,20,22H,5,12-13H2,(H,27,31)(H,28,32). The van der Waals surface area contributed by atoms with E-state index in [1.807, 2.05) is 48.5 Å². The minimum atomic E-state index is -1.30. The van der Waals surface area contributed by atoms with Gasteiger partial charge in [0, 0.05) is 23.0 Å². The Morgan fingerprint density at radius 2 is 1.61 bits per heavy atom. The van der Waals surface area contributed by atoms with Gasteiger partial charge in [-0.2, -0.15) is 0 Å². The van der Waals surface area contributed by atoms with Gasteiger partial charge < -0.3 is 15.1 Å². The van der Waals surface area contributed by atoms with E-state index >= 15 is 0 Å². The maximum atomic E-state index is 14.3. The number of rotatable bonds is 2. The number of furan rings is 1. The van der Waals surface area contributed by atoms with Gasteiger partial charge in [-0.3, -0.25) is 19.3 Å². The Kier molecular flexibility index (Phi) is 3.54. The number of nitrogens with zero attached hydrogens (tertiary/aromatic N) is 1.